The molecule has 3 aliphatic rings. The minimum Gasteiger partial charge on any atom is -0.347 e. The average Bonchev–Trinajstić information content (AvgIpc) is 3.06. The van der Waals surface area contributed by atoms with E-state index in [1.165, 1.54) is 9.47 Å². The number of fused-ring (bicyclic) bond motifs is 1. The predicted octanol–water partition coefficient (Wildman–Crippen LogP) is 3.32. The number of carbonyl (C=O) groups excluding carboxylic acids is 1. The molecule has 0 spiro atoms. The summed E-state index contributed by atoms with van der Waals surface area (Å²) in [6, 6.07) is 2.23. The molecule has 0 aliphatic carbocycles. The van der Waals surface area contributed by atoms with Gasteiger partial charge in [0.1, 0.15) is 12.4 Å². The number of likely N-dealkylation sites (N-methyl/N-ethyl adjacent to an activating group) is 1. The highest BCUT2D eigenvalue weighted by Gasteiger charge is 2.40. The lowest BCUT2D eigenvalue weighted by atomic mass is 10.0. The largest absolute Gasteiger partial charge is 0.433 e. The van der Waals surface area contributed by atoms with Gasteiger partial charge in [-0.05, 0) is 31.9 Å². The van der Waals surface area contributed by atoms with Crippen LogP contribution in [0.15, 0.2) is 12.3 Å². The van der Waals surface area contributed by atoms with Crippen LogP contribution < -0.4 is 0 Å². The highest BCUT2D eigenvalue weighted by atomic mass is 19.4. The van der Waals surface area contributed by atoms with Crippen molar-refractivity contribution in [2.24, 2.45) is 0 Å². The van der Waals surface area contributed by atoms with Crippen LogP contribution in [0, 0.1) is 6.92 Å². The Morgan fingerprint density at radius 2 is 1.87 bits per heavy atom. The quantitative estimate of drug-likeness (QED) is 0.693. The smallest absolute Gasteiger partial charge is 0.347 e. The van der Waals surface area contributed by atoms with Crippen molar-refractivity contribution in [1.82, 2.24) is 24.3 Å². The van der Waals surface area contributed by atoms with Gasteiger partial charge in [0.15, 0.2) is 5.69 Å². The Bertz CT molecular complexity index is 884. The summed E-state index contributed by atoms with van der Waals surface area (Å²) < 4.78 is 43.2. The second-order valence-corrected chi connectivity index (χ2v) is 8.68. The number of carbonyl (C=O) groups is 1. The van der Waals surface area contributed by atoms with E-state index >= 15 is 0 Å². The van der Waals surface area contributed by atoms with E-state index in [-0.39, 0.29) is 30.4 Å². The van der Waals surface area contributed by atoms with Gasteiger partial charge < -0.3 is 9.47 Å². The summed E-state index contributed by atoms with van der Waals surface area (Å²) in [6.45, 7) is 9.44. The first kappa shape index (κ1) is 23.5. The lowest BCUT2D eigenvalue weighted by Gasteiger charge is -2.38. The first-order valence-electron chi connectivity index (χ1n) is 10.7. The van der Waals surface area contributed by atoms with E-state index < -0.39 is 11.9 Å². The van der Waals surface area contributed by atoms with Crippen LogP contribution in [0.2, 0.25) is 0 Å². The lowest BCUT2D eigenvalue weighted by molar-refractivity contribution is -0.141. The molecular formula is C22H32F3N5O. The van der Waals surface area contributed by atoms with Gasteiger partial charge in [-0.1, -0.05) is 6.92 Å². The summed E-state index contributed by atoms with van der Waals surface area (Å²) in [5.74, 6) is 0.0116. The number of alkyl halides is 3. The van der Waals surface area contributed by atoms with Crippen molar-refractivity contribution in [1.29, 1.82) is 0 Å². The fourth-order valence-corrected chi connectivity index (χ4v) is 4.08. The molecule has 0 unspecified atom stereocenters. The van der Waals surface area contributed by atoms with E-state index in [2.05, 4.69) is 28.6 Å². The van der Waals surface area contributed by atoms with Crippen LogP contribution in [0.4, 0.5) is 13.2 Å². The van der Waals surface area contributed by atoms with Gasteiger partial charge in [-0.25, -0.2) is 4.98 Å². The monoisotopic (exact) mass is 439 g/mol. The molecular weight excluding hydrogens is 407 g/mol. The van der Waals surface area contributed by atoms with Crippen molar-refractivity contribution in [2.45, 2.75) is 52.5 Å². The van der Waals surface area contributed by atoms with Gasteiger partial charge in [0.2, 0.25) is 5.91 Å². The van der Waals surface area contributed by atoms with Crippen molar-refractivity contribution < 1.29 is 18.0 Å². The molecule has 0 aromatic heterocycles. The SMILES string of the molecule is CC[C@H](C)N1CCN(Cc2c3cc(C)cn(CC(=O)N(C)C)c-3nc2C(F)(F)F)CC1. The number of hydrogen-bond donors (Lipinski definition) is 0. The van der Waals surface area contributed by atoms with E-state index in [0.29, 0.717) is 11.6 Å². The molecule has 3 heterocycles. The zero-order chi connectivity index (χ0) is 22.9. The highest BCUT2D eigenvalue weighted by molar-refractivity contribution is 5.77. The molecule has 0 aromatic rings. The van der Waals surface area contributed by atoms with E-state index in [9.17, 15) is 18.0 Å². The number of aryl methyl sites for hydroxylation is 1. The molecule has 3 aliphatic heterocycles. The van der Waals surface area contributed by atoms with Crippen LogP contribution in [0.1, 0.15) is 37.1 Å². The number of rotatable bonds is 6. The summed E-state index contributed by atoms with van der Waals surface area (Å²) in [5, 5.41) is 0. The summed E-state index contributed by atoms with van der Waals surface area (Å²) >= 11 is 0. The first-order chi connectivity index (χ1) is 14.5. The van der Waals surface area contributed by atoms with Crippen LogP contribution in [-0.2, 0) is 24.1 Å². The molecule has 0 N–H and O–H groups in total. The minimum atomic E-state index is -4.55. The van der Waals surface area contributed by atoms with E-state index in [0.717, 1.165) is 38.2 Å². The van der Waals surface area contributed by atoms with E-state index in [1.807, 2.05) is 6.92 Å². The van der Waals surface area contributed by atoms with Crippen LogP contribution in [-0.4, -0.2) is 76.5 Å². The number of halogens is 3. The lowest BCUT2D eigenvalue weighted by Crippen LogP contribution is -2.49. The molecule has 172 valence electrons. The normalized spacial score (nSPS) is 17.3. The Morgan fingerprint density at radius 3 is 2.42 bits per heavy atom. The van der Waals surface area contributed by atoms with E-state index in [4.69, 9.17) is 0 Å². The fourth-order valence-electron chi connectivity index (χ4n) is 4.08. The Kier molecular flexibility index (Phi) is 6.95. The molecule has 1 atom stereocenters. The number of piperazine rings is 1. The molecule has 1 amide bonds. The topological polar surface area (TPSA) is 44.6 Å². The maximum Gasteiger partial charge on any atom is 0.433 e. The second-order valence-electron chi connectivity index (χ2n) is 8.68. The third-order valence-corrected chi connectivity index (χ3v) is 6.15. The average molecular weight is 440 g/mol. The third kappa shape index (κ3) is 5.20. The standard InChI is InChI=1S/C22H32F3N5O/c1-6-16(3)29-9-7-28(8-10-29)13-18-17-11-15(2)12-30(14-19(31)27(4)5)21(17)26-20(18)22(23,24)25/h11-12,16H,6-10,13-14H2,1-5H3/t16-/m0/s1. The number of amides is 1. The fraction of sp³-hybridized carbons (Fsp3) is 0.636. The molecule has 1 saturated heterocycles. The third-order valence-electron chi connectivity index (χ3n) is 6.15. The summed E-state index contributed by atoms with van der Waals surface area (Å²) in [4.78, 5) is 22.1. The molecule has 0 bridgehead atoms. The van der Waals surface area contributed by atoms with Crippen molar-refractivity contribution >= 4 is 5.91 Å². The first-order valence-corrected chi connectivity index (χ1v) is 10.7. The molecule has 31 heavy (non-hydrogen) atoms. The Balaban J connectivity index is 1.93. The minimum absolute atomic E-state index is 0.0491. The van der Waals surface area contributed by atoms with Gasteiger partial charge >= 0.3 is 6.18 Å². The Hall–Kier alpha value is -2.13. The Morgan fingerprint density at radius 1 is 1.23 bits per heavy atom. The maximum atomic E-state index is 13.9. The molecule has 0 saturated carbocycles. The number of nitrogens with zero attached hydrogens (tertiary/aromatic N) is 5. The highest BCUT2D eigenvalue weighted by Crippen LogP contribution is 2.39. The predicted molar refractivity (Wildman–Crippen MR) is 114 cm³/mol. The van der Waals surface area contributed by atoms with Gasteiger partial charge in [0.25, 0.3) is 0 Å². The molecule has 3 rings (SSSR count). The van der Waals surface area contributed by atoms with Crippen LogP contribution in [0.3, 0.4) is 0 Å². The number of aromatic nitrogens is 2. The summed E-state index contributed by atoms with van der Waals surface area (Å²) in [5.41, 5.74) is 0.629. The van der Waals surface area contributed by atoms with Crippen LogP contribution >= 0.6 is 0 Å². The molecule has 0 radical (unpaired) electrons. The number of hydrogen-bond acceptors (Lipinski definition) is 4. The summed E-state index contributed by atoms with van der Waals surface area (Å²) in [7, 11) is 3.25. The molecule has 0 aromatic carbocycles. The summed E-state index contributed by atoms with van der Waals surface area (Å²) in [6.07, 6.45) is -1.81. The zero-order valence-electron chi connectivity index (χ0n) is 19.0. The van der Waals surface area contributed by atoms with Crippen LogP contribution in [0.25, 0.3) is 11.4 Å². The molecule has 9 heteroatoms. The zero-order valence-corrected chi connectivity index (χ0v) is 19.0. The van der Waals surface area contributed by atoms with Gasteiger partial charge in [-0.15, -0.1) is 0 Å². The van der Waals surface area contributed by atoms with Crippen molar-refractivity contribution in [3.63, 3.8) is 0 Å². The van der Waals surface area contributed by atoms with Crippen LogP contribution in [0.5, 0.6) is 0 Å². The van der Waals surface area contributed by atoms with Crippen molar-refractivity contribution in [3.05, 3.63) is 29.1 Å². The van der Waals surface area contributed by atoms with Crippen molar-refractivity contribution in [3.8, 4) is 11.4 Å². The van der Waals surface area contributed by atoms with Gasteiger partial charge in [0, 0.05) is 70.2 Å². The number of pyridine rings is 1. The Labute approximate surface area is 182 Å². The molecule has 1 fully saturated rings. The molecule has 6 nitrogen and oxygen atoms in total. The maximum absolute atomic E-state index is 13.9. The second kappa shape index (κ2) is 9.16. The van der Waals surface area contributed by atoms with Gasteiger partial charge in [-0.3, -0.25) is 14.6 Å². The van der Waals surface area contributed by atoms with Crippen molar-refractivity contribution in [2.75, 3.05) is 40.3 Å². The van der Waals surface area contributed by atoms with Gasteiger partial charge in [-0.2, -0.15) is 13.2 Å². The van der Waals surface area contributed by atoms with E-state index in [1.54, 1.807) is 26.4 Å². The van der Waals surface area contributed by atoms with Gasteiger partial charge in [0.05, 0.1) is 0 Å².